The minimum absolute atomic E-state index is 0.109. The van der Waals surface area contributed by atoms with Crippen LogP contribution < -0.4 is 10.6 Å². The minimum Gasteiger partial charge on any atom is -0.507 e. The molecular weight excluding hydrogens is 428 g/mol. The number of rotatable bonds is 4. The summed E-state index contributed by atoms with van der Waals surface area (Å²) >= 11 is 0. The Balaban J connectivity index is 1.63. The molecule has 6 nitrogen and oxygen atoms in total. The van der Waals surface area contributed by atoms with Gasteiger partial charge >= 0.3 is 0 Å². The van der Waals surface area contributed by atoms with Crippen molar-refractivity contribution in [3.63, 3.8) is 0 Å². The van der Waals surface area contributed by atoms with E-state index < -0.39 is 0 Å². The number of amides is 2. The van der Waals surface area contributed by atoms with Gasteiger partial charge in [-0.25, -0.2) is 0 Å². The first-order valence-corrected chi connectivity index (χ1v) is 10.7. The summed E-state index contributed by atoms with van der Waals surface area (Å²) in [4.78, 5) is 25.4. The normalized spacial score (nSPS) is 10.8. The molecule has 0 fully saturated rings. The maximum Gasteiger partial charge on any atom is 0.255 e. The summed E-state index contributed by atoms with van der Waals surface area (Å²) in [6, 6.07) is 27.4. The molecule has 0 bridgehead atoms. The molecule has 0 saturated carbocycles. The summed E-state index contributed by atoms with van der Waals surface area (Å²) in [5, 5.41) is 29.4. The van der Waals surface area contributed by atoms with E-state index in [0.29, 0.717) is 44.0 Å². The van der Waals surface area contributed by atoms with Crippen LogP contribution in [-0.2, 0) is 0 Å². The third-order valence-corrected chi connectivity index (χ3v) is 5.68. The summed E-state index contributed by atoms with van der Waals surface area (Å²) in [6.45, 7) is 0. The molecule has 5 rings (SSSR count). The van der Waals surface area contributed by atoms with Crippen molar-refractivity contribution in [2.75, 3.05) is 10.6 Å². The van der Waals surface area contributed by atoms with Crippen LogP contribution in [-0.4, -0.2) is 22.0 Å². The molecular formula is C28H20N2O4. The number of aromatic hydroxyl groups is 2. The van der Waals surface area contributed by atoms with Crippen molar-refractivity contribution in [3.05, 3.63) is 108 Å². The Kier molecular flexibility index (Phi) is 5.32. The first-order chi connectivity index (χ1) is 16.5. The van der Waals surface area contributed by atoms with Gasteiger partial charge in [-0.15, -0.1) is 0 Å². The Bertz CT molecular complexity index is 1430. The second-order valence-electron chi connectivity index (χ2n) is 7.79. The molecule has 6 heteroatoms. The van der Waals surface area contributed by atoms with Crippen molar-refractivity contribution in [2.24, 2.45) is 0 Å². The SMILES string of the molecule is O=C(Nc1cccc2c(O)c3c(NC(=O)c4ccccc4)cccc3c(O)c12)c1ccccc1. The maximum absolute atomic E-state index is 12.7. The van der Waals surface area contributed by atoms with Crippen molar-refractivity contribution in [3.8, 4) is 11.5 Å². The summed E-state index contributed by atoms with van der Waals surface area (Å²) in [6.07, 6.45) is 0. The third kappa shape index (κ3) is 3.67. The standard InChI is InChI=1S/C28H20N2O4/c31-25-20-14-8-16-22(30-28(34)18-11-5-2-6-12-18)24(20)26(32)19-13-7-15-21(23(19)25)29-27(33)17-9-3-1-4-10-17/h1-16,31-32H,(H,29,33)(H,30,34). The van der Waals surface area contributed by atoms with Crippen LogP contribution in [0.1, 0.15) is 20.7 Å². The Labute approximate surface area is 195 Å². The number of hydrogen-bond donors (Lipinski definition) is 4. The third-order valence-electron chi connectivity index (χ3n) is 5.68. The smallest absolute Gasteiger partial charge is 0.255 e. The molecule has 0 heterocycles. The van der Waals surface area contributed by atoms with E-state index in [-0.39, 0.29) is 23.3 Å². The predicted molar refractivity (Wildman–Crippen MR) is 134 cm³/mol. The number of nitrogens with one attached hydrogen (secondary N) is 2. The molecule has 5 aromatic carbocycles. The summed E-state index contributed by atoms with van der Waals surface area (Å²) in [5.74, 6) is -0.892. The molecule has 5 aromatic rings. The summed E-state index contributed by atoms with van der Waals surface area (Å²) in [5.41, 5.74) is 1.66. The largest absolute Gasteiger partial charge is 0.507 e. The van der Waals surface area contributed by atoms with Crippen molar-refractivity contribution < 1.29 is 19.8 Å². The molecule has 34 heavy (non-hydrogen) atoms. The second-order valence-corrected chi connectivity index (χ2v) is 7.79. The van der Waals surface area contributed by atoms with E-state index in [1.165, 1.54) is 0 Å². The fourth-order valence-corrected chi connectivity index (χ4v) is 4.06. The first kappa shape index (κ1) is 21.0. The molecule has 0 spiro atoms. The number of benzene rings is 5. The molecule has 0 aromatic heterocycles. The lowest BCUT2D eigenvalue weighted by molar-refractivity contribution is 0.101. The van der Waals surface area contributed by atoms with Crippen molar-refractivity contribution in [2.45, 2.75) is 0 Å². The van der Waals surface area contributed by atoms with Crippen LogP contribution in [0.15, 0.2) is 97.1 Å². The average molecular weight is 448 g/mol. The molecule has 0 saturated heterocycles. The van der Waals surface area contributed by atoms with Gasteiger partial charge < -0.3 is 20.8 Å². The van der Waals surface area contributed by atoms with Gasteiger partial charge in [0, 0.05) is 21.9 Å². The van der Waals surface area contributed by atoms with Crippen LogP contribution in [0.25, 0.3) is 21.5 Å². The molecule has 0 aliphatic heterocycles. The van der Waals surface area contributed by atoms with Crippen LogP contribution in [0.3, 0.4) is 0 Å². The van der Waals surface area contributed by atoms with Gasteiger partial charge in [0.25, 0.3) is 11.8 Å². The average Bonchev–Trinajstić information content (AvgIpc) is 2.88. The summed E-state index contributed by atoms with van der Waals surface area (Å²) in [7, 11) is 0. The zero-order chi connectivity index (χ0) is 23.7. The van der Waals surface area contributed by atoms with Crippen LogP contribution >= 0.6 is 0 Å². The van der Waals surface area contributed by atoms with Gasteiger partial charge in [-0.3, -0.25) is 9.59 Å². The molecule has 4 N–H and O–H groups in total. The lowest BCUT2D eigenvalue weighted by Gasteiger charge is -2.16. The van der Waals surface area contributed by atoms with Crippen LogP contribution in [0.5, 0.6) is 11.5 Å². The fraction of sp³-hybridized carbons (Fsp3) is 0. The van der Waals surface area contributed by atoms with E-state index in [1.807, 2.05) is 12.1 Å². The Morgan fingerprint density at radius 1 is 0.500 bits per heavy atom. The van der Waals surface area contributed by atoms with E-state index in [0.717, 1.165) is 0 Å². The van der Waals surface area contributed by atoms with Gasteiger partial charge in [-0.1, -0.05) is 60.7 Å². The molecule has 2 amide bonds. The minimum atomic E-state index is -0.337. The van der Waals surface area contributed by atoms with Gasteiger partial charge in [0.15, 0.2) is 0 Å². The highest BCUT2D eigenvalue weighted by Crippen LogP contribution is 2.47. The van der Waals surface area contributed by atoms with Crippen molar-refractivity contribution >= 4 is 44.7 Å². The number of carbonyl (C=O) groups is 2. The lowest BCUT2D eigenvalue weighted by atomic mass is 9.98. The highest BCUT2D eigenvalue weighted by atomic mass is 16.3. The van der Waals surface area contributed by atoms with Gasteiger partial charge in [-0.05, 0) is 36.4 Å². The molecule has 0 atom stereocenters. The van der Waals surface area contributed by atoms with E-state index >= 15 is 0 Å². The molecule has 0 radical (unpaired) electrons. The molecule has 0 aliphatic rings. The van der Waals surface area contributed by atoms with Crippen LogP contribution in [0.4, 0.5) is 11.4 Å². The number of phenolic OH excluding ortho intramolecular Hbond substituents is 2. The number of carbonyl (C=O) groups excluding carboxylic acids is 2. The Morgan fingerprint density at radius 3 is 1.26 bits per heavy atom. The topological polar surface area (TPSA) is 98.7 Å². The quantitative estimate of drug-likeness (QED) is 0.203. The highest BCUT2D eigenvalue weighted by molar-refractivity contribution is 6.21. The van der Waals surface area contributed by atoms with Crippen molar-refractivity contribution in [1.82, 2.24) is 0 Å². The fourth-order valence-electron chi connectivity index (χ4n) is 4.06. The Hall–Kier alpha value is -4.84. The molecule has 0 unspecified atom stereocenters. The predicted octanol–water partition coefficient (Wildman–Crippen LogP) is 5.91. The first-order valence-electron chi connectivity index (χ1n) is 10.7. The Morgan fingerprint density at radius 2 is 0.882 bits per heavy atom. The number of anilines is 2. The monoisotopic (exact) mass is 448 g/mol. The van der Waals surface area contributed by atoms with E-state index in [2.05, 4.69) is 10.6 Å². The van der Waals surface area contributed by atoms with Gasteiger partial charge in [0.1, 0.15) is 11.5 Å². The number of hydrogen-bond acceptors (Lipinski definition) is 4. The second kappa shape index (κ2) is 8.60. The van der Waals surface area contributed by atoms with Gasteiger partial charge in [-0.2, -0.15) is 0 Å². The number of fused-ring (bicyclic) bond motifs is 2. The lowest BCUT2D eigenvalue weighted by Crippen LogP contribution is -2.12. The molecule has 166 valence electrons. The molecule has 0 aliphatic carbocycles. The van der Waals surface area contributed by atoms with E-state index in [9.17, 15) is 19.8 Å². The van der Waals surface area contributed by atoms with Crippen LogP contribution in [0.2, 0.25) is 0 Å². The van der Waals surface area contributed by atoms with Gasteiger partial charge in [0.2, 0.25) is 0 Å². The maximum atomic E-state index is 12.7. The van der Waals surface area contributed by atoms with Crippen LogP contribution in [0, 0.1) is 0 Å². The number of phenols is 2. The van der Waals surface area contributed by atoms with E-state index in [1.54, 1.807) is 84.9 Å². The van der Waals surface area contributed by atoms with Gasteiger partial charge in [0.05, 0.1) is 22.1 Å². The summed E-state index contributed by atoms with van der Waals surface area (Å²) < 4.78 is 0. The zero-order valence-corrected chi connectivity index (χ0v) is 17.9. The van der Waals surface area contributed by atoms with Crippen molar-refractivity contribution in [1.29, 1.82) is 0 Å². The highest BCUT2D eigenvalue weighted by Gasteiger charge is 2.20. The zero-order valence-electron chi connectivity index (χ0n) is 17.9. The van der Waals surface area contributed by atoms with E-state index in [4.69, 9.17) is 0 Å².